The van der Waals surface area contributed by atoms with Crippen molar-refractivity contribution in [1.82, 2.24) is 14.9 Å². The van der Waals surface area contributed by atoms with Gasteiger partial charge in [0, 0.05) is 43.6 Å². The summed E-state index contributed by atoms with van der Waals surface area (Å²) in [6.45, 7) is 2.85. The maximum atomic E-state index is 12.4. The molecule has 1 amide bonds. The van der Waals surface area contributed by atoms with E-state index in [1.165, 1.54) is 0 Å². The van der Waals surface area contributed by atoms with Gasteiger partial charge < -0.3 is 9.80 Å². The summed E-state index contributed by atoms with van der Waals surface area (Å²) in [5.74, 6) is 0.878. The van der Waals surface area contributed by atoms with Gasteiger partial charge in [0.15, 0.2) is 0 Å². The van der Waals surface area contributed by atoms with E-state index in [4.69, 9.17) is 11.6 Å². The van der Waals surface area contributed by atoms with Crippen LogP contribution in [-0.4, -0.2) is 47.0 Å². The zero-order valence-electron chi connectivity index (χ0n) is 11.4. The molecule has 3 heterocycles. The molecule has 1 aliphatic rings. The third-order valence-corrected chi connectivity index (χ3v) is 3.72. The van der Waals surface area contributed by atoms with Gasteiger partial charge in [-0.15, -0.1) is 0 Å². The number of hydrogen-bond acceptors (Lipinski definition) is 4. The number of aromatic nitrogens is 2. The SMILES string of the molecule is O=C(c1cc(Cl)ccn1)N1CCN(c2ccccn2)CC1. The van der Waals surface area contributed by atoms with Crippen LogP contribution < -0.4 is 4.90 Å². The third kappa shape index (κ3) is 3.13. The minimum absolute atomic E-state index is 0.0711. The van der Waals surface area contributed by atoms with Gasteiger partial charge in [0.2, 0.25) is 0 Å². The largest absolute Gasteiger partial charge is 0.353 e. The first kappa shape index (κ1) is 13.8. The Morgan fingerprint density at radius 2 is 1.86 bits per heavy atom. The molecule has 5 nitrogen and oxygen atoms in total. The van der Waals surface area contributed by atoms with Gasteiger partial charge in [-0.3, -0.25) is 9.78 Å². The lowest BCUT2D eigenvalue weighted by atomic mass is 10.2. The molecule has 2 aromatic rings. The van der Waals surface area contributed by atoms with Crippen LogP contribution in [0, 0.1) is 0 Å². The van der Waals surface area contributed by atoms with Crippen LogP contribution in [0.5, 0.6) is 0 Å². The molecule has 6 heteroatoms. The predicted molar refractivity (Wildman–Crippen MR) is 81.6 cm³/mol. The van der Waals surface area contributed by atoms with E-state index in [0.717, 1.165) is 18.9 Å². The molecule has 3 rings (SSSR count). The average molecular weight is 303 g/mol. The lowest BCUT2D eigenvalue weighted by molar-refractivity contribution is 0.0740. The quantitative estimate of drug-likeness (QED) is 0.852. The van der Waals surface area contributed by atoms with Crippen molar-refractivity contribution in [2.24, 2.45) is 0 Å². The number of carbonyl (C=O) groups excluding carboxylic acids is 1. The molecule has 0 aromatic carbocycles. The number of anilines is 1. The summed E-state index contributed by atoms with van der Waals surface area (Å²) in [6.07, 6.45) is 3.34. The summed E-state index contributed by atoms with van der Waals surface area (Å²) >= 11 is 5.90. The molecule has 0 bridgehead atoms. The maximum absolute atomic E-state index is 12.4. The smallest absolute Gasteiger partial charge is 0.272 e. The standard InChI is InChI=1S/C15H15ClN4O/c16-12-4-6-17-13(11-12)15(21)20-9-7-19(8-10-20)14-3-1-2-5-18-14/h1-6,11H,7-10H2. The fourth-order valence-corrected chi connectivity index (χ4v) is 2.52. The first-order chi connectivity index (χ1) is 10.2. The Bertz CT molecular complexity index is 627. The van der Waals surface area contributed by atoms with Crippen LogP contribution in [0.3, 0.4) is 0 Å². The van der Waals surface area contributed by atoms with Gasteiger partial charge in [-0.25, -0.2) is 4.98 Å². The molecule has 0 unspecified atom stereocenters. The van der Waals surface area contributed by atoms with Crippen molar-refractivity contribution in [2.45, 2.75) is 0 Å². The maximum Gasteiger partial charge on any atom is 0.272 e. The fourth-order valence-electron chi connectivity index (χ4n) is 2.36. The van der Waals surface area contributed by atoms with Gasteiger partial charge in [0.1, 0.15) is 11.5 Å². The van der Waals surface area contributed by atoms with Gasteiger partial charge in [-0.1, -0.05) is 17.7 Å². The van der Waals surface area contributed by atoms with Crippen LogP contribution in [0.25, 0.3) is 0 Å². The van der Waals surface area contributed by atoms with Crippen LogP contribution >= 0.6 is 11.6 Å². The lowest BCUT2D eigenvalue weighted by Crippen LogP contribution is -2.49. The number of carbonyl (C=O) groups is 1. The van der Waals surface area contributed by atoms with Gasteiger partial charge >= 0.3 is 0 Å². The van der Waals surface area contributed by atoms with E-state index in [1.807, 2.05) is 18.2 Å². The number of piperazine rings is 1. The Balaban J connectivity index is 1.64. The molecular weight excluding hydrogens is 288 g/mol. The highest BCUT2D eigenvalue weighted by Crippen LogP contribution is 2.15. The Morgan fingerprint density at radius 3 is 2.52 bits per heavy atom. The normalized spacial score (nSPS) is 15.1. The Morgan fingerprint density at radius 1 is 1.05 bits per heavy atom. The van der Waals surface area contributed by atoms with Gasteiger partial charge in [0.25, 0.3) is 5.91 Å². The minimum atomic E-state index is -0.0711. The van der Waals surface area contributed by atoms with Crippen LogP contribution in [-0.2, 0) is 0 Å². The van der Waals surface area contributed by atoms with Crippen molar-refractivity contribution in [3.05, 3.63) is 53.4 Å². The monoisotopic (exact) mass is 302 g/mol. The van der Waals surface area contributed by atoms with Gasteiger partial charge in [-0.05, 0) is 24.3 Å². The zero-order chi connectivity index (χ0) is 14.7. The summed E-state index contributed by atoms with van der Waals surface area (Å²) in [4.78, 5) is 24.8. The summed E-state index contributed by atoms with van der Waals surface area (Å²) in [6, 6.07) is 9.12. The molecule has 0 spiro atoms. The molecule has 2 aromatic heterocycles. The van der Waals surface area contributed by atoms with Crippen LogP contribution in [0.1, 0.15) is 10.5 Å². The van der Waals surface area contributed by atoms with Crippen molar-refractivity contribution in [3.63, 3.8) is 0 Å². The Hall–Kier alpha value is -2.14. The first-order valence-corrected chi connectivity index (χ1v) is 7.18. The van der Waals surface area contributed by atoms with Crippen molar-refractivity contribution in [2.75, 3.05) is 31.1 Å². The molecule has 0 saturated carbocycles. The van der Waals surface area contributed by atoms with E-state index in [9.17, 15) is 4.79 Å². The molecule has 0 atom stereocenters. The summed E-state index contributed by atoms with van der Waals surface area (Å²) in [7, 11) is 0. The molecule has 108 valence electrons. The van der Waals surface area contributed by atoms with Crippen molar-refractivity contribution in [3.8, 4) is 0 Å². The highest BCUT2D eigenvalue weighted by atomic mass is 35.5. The highest BCUT2D eigenvalue weighted by molar-refractivity contribution is 6.30. The molecular formula is C15H15ClN4O. The molecule has 0 N–H and O–H groups in total. The summed E-state index contributed by atoms with van der Waals surface area (Å²) in [5.41, 5.74) is 0.397. The van der Waals surface area contributed by atoms with E-state index in [0.29, 0.717) is 23.8 Å². The van der Waals surface area contributed by atoms with Crippen molar-refractivity contribution < 1.29 is 4.79 Å². The second kappa shape index (κ2) is 6.10. The average Bonchev–Trinajstić information content (AvgIpc) is 2.55. The van der Waals surface area contributed by atoms with Gasteiger partial charge in [-0.2, -0.15) is 0 Å². The second-order valence-corrected chi connectivity index (χ2v) is 5.26. The third-order valence-electron chi connectivity index (χ3n) is 3.48. The Kier molecular flexibility index (Phi) is 4.01. The molecule has 1 fully saturated rings. The minimum Gasteiger partial charge on any atom is -0.353 e. The van der Waals surface area contributed by atoms with Crippen LogP contribution in [0.2, 0.25) is 5.02 Å². The molecule has 0 aliphatic carbocycles. The highest BCUT2D eigenvalue weighted by Gasteiger charge is 2.23. The number of rotatable bonds is 2. The van der Waals surface area contributed by atoms with Crippen LogP contribution in [0.4, 0.5) is 5.82 Å². The number of amides is 1. The zero-order valence-corrected chi connectivity index (χ0v) is 12.2. The summed E-state index contributed by atoms with van der Waals surface area (Å²) in [5, 5.41) is 0.528. The number of hydrogen-bond donors (Lipinski definition) is 0. The number of pyridine rings is 2. The van der Waals surface area contributed by atoms with E-state index in [-0.39, 0.29) is 5.91 Å². The first-order valence-electron chi connectivity index (χ1n) is 6.81. The molecule has 1 saturated heterocycles. The van der Waals surface area contributed by atoms with Crippen LogP contribution in [0.15, 0.2) is 42.7 Å². The van der Waals surface area contributed by atoms with Crippen molar-refractivity contribution >= 4 is 23.3 Å². The predicted octanol–water partition coefficient (Wildman–Crippen LogP) is 2.09. The Labute approximate surface area is 128 Å². The number of nitrogens with zero attached hydrogens (tertiary/aromatic N) is 4. The van der Waals surface area contributed by atoms with E-state index >= 15 is 0 Å². The fraction of sp³-hybridized carbons (Fsp3) is 0.267. The molecule has 21 heavy (non-hydrogen) atoms. The molecule has 1 aliphatic heterocycles. The topological polar surface area (TPSA) is 49.3 Å². The van der Waals surface area contributed by atoms with Gasteiger partial charge in [0.05, 0.1) is 0 Å². The van der Waals surface area contributed by atoms with E-state index in [2.05, 4.69) is 14.9 Å². The lowest BCUT2D eigenvalue weighted by Gasteiger charge is -2.35. The molecule has 0 radical (unpaired) electrons. The van der Waals surface area contributed by atoms with E-state index in [1.54, 1.807) is 29.4 Å². The second-order valence-electron chi connectivity index (χ2n) is 4.83. The van der Waals surface area contributed by atoms with Crippen molar-refractivity contribution in [1.29, 1.82) is 0 Å². The van der Waals surface area contributed by atoms with E-state index < -0.39 is 0 Å². The summed E-state index contributed by atoms with van der Waals surface area (Å²) < 4.78 is 0. The number of halogens is 1.